The molecule has 80 valence electrons. The molecule has 2 heterocycles. The Bertz CT molecular complexity index is 242. The summed E-state index contributed by atoms with van der Waals surface area (Å²) in [6.45, 7) is 1.64. The number of nitrogens with zero attached hydrogens (tertiary/aromatic N) is 2. The van der Waals surface area contributed by atoms with Crippen molar-refractivity contribution in [3.8, 4) is 0 Å². The van der Waals surface area contributed by atoms with Crippen molar-refractivity contribution in [1.29, 1.82) is 0 Å². The molecule has 0 spiro atoms. The lowest BCUT2D eigenvalue weighted by molar-refractivity contribution is -0.135. The molecule has 0 saturated carbocycles. The van der Waals surface area contributed by atoms with Crippen molar-refractivity contribution in [2.75, 3.05) is 34.3 Å². The fourth-order valence-electron chi connectivity index (χ4n) is 2.56. The zero-order valence-electron chi connectivity index (χ0n) is 9.06. The zero-order valence-corrected chi connectivity index (χ0v) is 9.06. The lowest BCUT2D eigenvalue weighted by Gasteiger charge is -2.19. The maximum Gasteiger partial charge on any atom is 0.229 e. The molecule has 2 rings (SSSR count). The van der Waals surface area contributed by atoms with Crippen LogP contribution in [0.1, 0.15) is 6.42 Å². The highest BCUT2D eigenvalue weighted by molar-refractivity contribution is 5.79. The molecule has 3 atom stereocenters. The fraction of sp³-hybridized carbons (Fsp3) is 0.900. The molecule has 2 aliphatic rings. The molecule has 14 heavy (non-hydrogen) atoms. The van der Waals surface area contributed by atoms with Gasteiger partial charge in [-0.2, -0.15) is 0 Å². The smallest absolute Gasteiger partial charge is 0.229 e. The number of likely N-dealkylation sites (N-methyl/N-ethyl adjacent to an activating group) is 1. The summed E-state index contributed by atoms with van der Waals surface area (Å²) in [5.74, 6) is 0.244. The number of fused-ring (bicyclic) bond motifs is 1. The van der Waals surface area contributed by atoms with Crippen LogP contribution in [-0.4, -0.2) is 62.1 Å². The predicted octanol–water partition coefficient (Wildman–Crippen LogP) is -0.206. The second-order valence-electron chi connectivity index (χ2n) is 4.47. The molecular formula is C10H18N2O2. The molecule has 0 radical (unpaired) electrons. The minimum absolute atomic E-state index is 0.0440. The summed E-state index contributed by atoms with van der Waals surface area (Å²) in [6, 6.07) is 0.462. The molecule has 0 aromatic carbocycles. The van der Waals surface area contributed by atoms with E-state index in [0.29, 0.717) is 6.04 Å². The lowest BCUT2D eigenvalue weighted by atomic mass is 10.0. The van der Waals surface area contributed by atoms with Gasteiger partial charge in [0, 0.05) is 33.3 Å². The van der Waals surface area contributed by atoms with Gasteiger partial charge in [0.1, 0.15) is 0 Å². The van der Waals surface area contributed by atoms with E-state index in [1.165, 1.54) is 0 Å². The Hall–Kier alpha value is -0.610. The maximum atomic E-state index is 11.9. The van der Waals surface area contributed by atoms with Crippen molar-refractivity contribution in [2.24, 2.45) is 5.92 Å². The molecule has 0 aliphatic carbocycles. The maximum absolute atomic E-state index is 11.9. The van der Waals surface area contributed by atoms with Crippen LogP contribution in [0, 0.1) is 5.92 Å². The number of likely N-dealkylation sites (tertiary alicyclic amines) is 1. The highest BCUT2D eigenvalue weighted by Gasteiger charge is 2.47. The molecule has 0 bridgehead atoms. The van der Waals surface area contributed by atoms with Gasteiger partial charge in [-0.25, -0.2) is 0 Å². The third kappa shape index (κ3) is 1.42. The normalized spacial score (nSPS) is 37.2. The number of carbonyl (C=O) groups is 1. The largest absolute Gasteiger partial charge is 0.376 e. The van der Waals surface area contributed by atoms with Crippen molar-refractivity contribution in [3.05, 3.63) is 0 Å². The van der Waals surface area contributed by atoms with E-state index in [9.17, 15) is 4.79 Å². The third-order valence-corrected chi connectivity index (χ3v) is 3.31. The Morgan fingerprint density at radius 3 is 2.86 bits per heavy atom. The van der Waals surface area contributed by atoms with Gasteiger partial charge in [-0.15, -0.1) is 0 Å². The summed E-state index contributed by atoms with van der Waals surface area (Å²) in [5.41, 5.74) is 0. The van der Waals surface area contributed by atoms with Crippen LogP contribution >= 0.6 is 0 Å². The Morgan fingerprint density at radius 2 is 2.21 bits per heavy atom. The van der Waals surface area contributed by atoms with Crippen LogP contribution in [-0.2, 0) is 9.53 Å². The van der Waals surface area contributed by atoms with Crippen LogP contribution in [0.3, 0.4) is 0 Å². The number of hydrogen-bond acceptors (Lipinski definition) is 3. The molecule has 0 N–H and O–H groups in total. The Balaban J connectivity index is 2.10. The van der Waals surface area contributed by atoms with E-state index < -0.39 is 0 Å². The van der Waals surface area contributed by atoms with Gasteiger partial charge < -0.3 is 9.64 Å². The van der Waals surface area contributed by atoms with E-state index in [2.05, 4.69) is 11.9 Å². The van der Waals surface area contributed by atoms with E-state index in [4.69, 9.17) is 4.74 Å². The highest BCUT2D eigenvalue weighted by atomic mass is 16.5. The van der Waals surface area contributed by atoms with E-state index in [0.717, 1.165) is 19.6 Å². The first-order valence-corrected chi connectivity index (χ1v) is 5.14. The summed E-state index contributed by atoms with van der Waals surface area (Å²) in [6.07, 6.45) is 1.20. The quantitative estimate of drug-likeness (QED) is 0.584. The summed E-state index contributed by atoms with van der Waals surface area (Å²) in [5, 5.41) is 0. The van der Waals surface area contributed by atoms with Crippen molar-refractivity contribution in [2.45, 2.75) is 18.6 Å². The first-order chi connectivity index (χ1) is 6.61. The van der Waals surface area contributed by atoms with Gasteiger partial charge >= 0.3 is 0 Å². The van der Waals surface area contributed by atoms with Gasteiger partial charge in [0.05, 0.1) is 12.0 Å². The first kappa shape index (κ1) is 9.93. The molecule has 1 amide bonds. The third-order valence-electron chi connectivity index (χ3n) is 3.31. The van der Waals surface area contributed by atoms with Crippen LogP contribution in [0.15, 0.2) is 0 Å². The Morgan fingerprint density at radius 1 is 1.50 bits per heavy atom. The monoisotopic (exact) mass is 198 g/mol. The molecule has 2 saturated heterocycles. The molecule has 4 heteroatoms. The van der Waals surface area contributed by atoms with Gasteiger partial charge in [0.15, 0.2) is 0 Å². The summed E-state index contributed by atoms with van der Waals surface area (Å²) in [7, 11) is 5.70. The molecule has 2 fully saturated rings. The van der Waals surface area contributed by atoms with Crippen LogP contribution in [0.4, 0.5) is 0 Å². The topological polar surface area (TPSA) is 32.8 Å². The standard InChI is InChI=1S/C10H18N2O2/c1-11(2)10(13)7-6-12(3)8-4-5-14-9(7)8/h7-9H,4-6H2,1-3H3. The van der Waals surface area contributed by atoms with Gasteiger partial charge in [0.25, 0.3) is 0 Å². The van der Waals surface area contributed by atoms with Gasteiger partial charge in [-0.3, -0.25) is 9.69 Å². The van der Waals surface area contributed by atoms with E-state index in [1.807, 2.05) is 14.1 Å². The number of amides is 1. The first-order valence-electron chi connectivity index (χ1n) is 5.14. The van der Waals surface area contributed by atoms with E-state index >= 15 is 0 Å². The average molecular weight is 198 g/mol. The van der Waals surface area contributed by atoms with Gasteiger partial charge in [-0.05, 0) is 13.5 Å². The average Bonchev–Trinajstić information content (AvgIpc) is 2.68. The predicted molar refractivity (Wildman–Crippen MR) is 53.0 cm³/mol. The fourth-order valence-corrected chi connectivity index (χ4v) is 2.56. The number of ether oxygens (including phenoxy) is 1. The van der Waals surface area contributed by atoms with Gasteiger partial charge in [0.2, 0.25) is 5.91 Å². The van der Waals surface area contributed by atoms with Crippen molar-refractivity contribution < 1.29 is 9.53 Å². The minimum atomic E-state index is 0.0440. The number of hydrogen-bond donors (Lipinski definition) is 0. The van der Waals surface area contributed by atoms with Crippen LogP contribution in [0.5, 0.6) is 0 Å². The van der Waals surface area contributed by atoms with E-state index in [-0.39, 0.29) is 17.9 Å². The van der Waals surface area contributed by atoms with E-state index in [1.54, 1.807) is 4.90 Å². The van der Waals surface area contributed by atoms with Crippen molar-refractivity contribution >= 4 is 5.91 Å². The van der Waals surface area contributed by atoms with Crippen molar-refractivity contribution in [1.82, 2.24) is 9.80 Å². The van der Waals surface area contributed by atoms with Crippen molar-refractivity contribution in [3.63, 3.8) is 0 Å². The molecule has 0 aromatic rings. The molecule has 4 nitrogen and oxygen atoms in total. The zero-order chi connectivity index (χ0) is 10.3. The highest BCUT2D eigenvalue weighted by Crippen LogP contribution is 2.32. The van der Waals surface area contributed by atoms with Crippen LogP contribution in [0.2, 0.25) is 0 Å². The summed E-state index contributed by atoms with van der Waals surface area (Å²) < 4.78 is 5.64. The number of rotatable bonds is 1. The lowest BCUT2D eigenvalue weighted by Crippen LogP contribution is -2.37. The SMILES string of the molecule is CN(C)C(=O)C1CN(C)C2CCOC12. The Labute approximate surface area is 84.8 Å². The minimum Gasteiger partial charge on any atom is -0.376 e. The second kappa shape index (κ2) is 3.51. The van der Waals surface area contributed by atoms with Crippen LogP contribution in [0.25, 0.3) is 0 Å². The molecule has 0 aromatic heterocycles. The van der Waals surface area contributed by atoms with Gasteiger partial charge in [-0.1, -0.05) is 0 Å². The summed E-state index contributed by atoms with van der Waals surface area (Å²) >= 11 is 0. The molecular weight excluding hydrogens is 180 g/mol. The molecule has 3 unspecified atom stereocenters. The second-order valence-corrected chi connectivity index (χ2v) is 4.47. The molecule has 2 aliphatic heterocycles. The summed E-state index contributed by atoms with van der Waals surface area (Å²) in [4.78, 5) is 15.8. The van der Waals surface area contributed by atoms with Crippen LogP contribution < -0.4 is 0 Å². The Kier molecular flexibility index (Phi) is 2.49. The number of carbonyl (C=O) groups excluding carboxylic acids is 1.